The summed E-state index contributed by atoms with van der Waals surface area (Å²) in [6, 6.07) is 0.323. The Kier molecular flexibility index (Phi) is 3.64. The molecule has 1 heterocycles. The normalized spacial score (nSPS) is 20.4. The van der Waals surface area contributed by atoms with Gasteiger partial charge in [-0.15, -0.1) is 0 Å². The maximum Gasteiger partial charge on any atom is 0.323 e. The summed E-state index contributed by atoms with van der Waals surface area (Å²) in [5, 5.41) is 17.3. The molecule has 1 aliphatic carbocycles. The van der Waals surface area contributed by atoms with Crippen LogP contribution in [0.3, 0.4) is 0 Å². The molecule has 2 unspecified atom stereocenters. The van der Waals surface area contributed by atoms with E-state index in [0.717, 1.165) is 12.8 Å². The van der Waals surface area contributed by atoms with Crippen LogP contribution in [0.2, 0.25) is 5.02 Å². The van der Waals surface area contributed by atoms with E-state index >= 15 is 0 Å². The van der Waals surface area contributed by atoms with Gasteiger partial charge in [-0.3, -0.25) is 14.8 Å². The van der Waals surface area contributed by atoms with Crippen molar-refractivity contribution in [2.75, 3.05) is 0 Å². The van der Waals surface area contributed by atoms with E-state index < -0.39 is 11.5 Å². The standard InChI is InChI=1S/C12H18ClN3O2/c1-8(16-7-9(13)6-14-16)5-12(2,11(17)18)15-10-3-4-10/h6-8,10,15H,3-5H2,1-2H3,(H,17,18). The van der Waals surface area contributed by atoms with Crippen LogP contribution in [0.5, 0.6) is 0 Å². The number of nitrogens with one attached hydrogen (secondary N) is 1. The van der Waals surface area contributed by atoms with Gasteiger partial charge >= 0.3 is 5.97 Å². The highest BCUT2D eigenvalue weighted by atomic mass is 35.5. The second kappa shape index (κ2) is 4.90. The van der Waals surface area contributed by atoms with Crippen LogP contribution in [0.15, 0.2) is 12.4 Å². The molecule has 1 saturated carbocycles. The third-order valence-corrected chi connectivity index (χ3v) is 3.49. The maximum absolute atomic E-state index is 11.4. The fraction of sp³-hybridized carbons (Fsp3) is 0.667. The minimum absolute atomic E-state index is 0.0233. The van der Waals surface area contributed by atoms with Gasteiger partial charge in [0.2, 0.25) is 0 Å². The number of hydrogen-bond donors (Lipinski definition) is 2. The number of halogens is 1. The Hall–Kier alpha value is -1.07. The van der Waals surface area contributed by atoms with Crippen molar-refractivity contribution in [3.05, 3.63) is 17.4 Å². The van der Waals surface area contributed by atoms with Gasteiger partial charge in [-0.2, -0.15) is 5.10 Å². The van der Waals surface area contributed by atoms with Crippen molar-refractivity contribution < 1.29 is 9.90 Å². The molecule has 0 radical (unpaired) electrons. The number of carbonyl (C=O) groups is 1. The van der Waals surface area contributed by atoms with Crippen LogP contribution >= 0.6 is 11.6 Å². The van der Waals surface area contributed by atoms with Gasteiger partial charge in [0.05, 0.1) is 17.3 Å². The molecule has 6 heteroatoms. The van der Waals surface area contributed by atoms with Gasteiger partial charge in [0.1, 0.15) is 5.54 Å². The van der Waals surface area contributed by atoms with Crippen LogP contribution in [0, 0.1) is 0 Å². The smallest absolute Gasteiger partial charge is 0.323 e. The predicted octanol–water partition coefficient (Wildman–Crippen LogP) is 2.08. The summed E-state index contributed by atoms with van der Waals surface area (Å²) in [7, 11) is 0. The van der Waals surface area contributed by atoms with E-state index in [4.69, 9.17) is 11.6 Å². The Labute approximate surface area is 111 Å². The van der Waals surface area contributed by atoms with Gasteiger partial charge < -0.3 is 5.11 Å². The summed E-state index contributed by atoms with van der Waals surface area (Å²) in [5.41, 5.74) is -0.918. The Bertz CT molecular complexity index is 444. The van der Waals surface area contributed by atoms with Gasteiger partial charge in [0.15, 0.2) is 0 Å². The van der Waals surface area contributed by atoms with Crippen molar-refractivity contribution in [2.45, 2.75) is 50.7 Å². The average Bonchev–Trinajstić information content (AvgIpc) is 2.97. The van der Waals surface area contributed by atoms with Crippen LogP contribution in [0.4, 0.5) is 0 Å². The average molecular weight is 272 g/mol. The molecular formula is C12H18ClN3O2. The summed E-state index contributed by atoms with van der Waals surface area (Å²) in [6.07, 6.45) is 5.86. The number of aromatic nitrogens is 2. The van der Waals surface area contributed by atoms with Crippen molar-refractivity contribution in [3.63, 3.8) is 0 Å². The highest BCUT2D eigenvalue weighted by molar-refractivity contribution is 6.30. The van der Waals surface area contributed by atoms with E-state index in [0.29, 0.717) is 17.5 Å². The Morgan fingerprint density at radius 3 is 2.89 bits per heavy atom. The van der Waals surface area contributed by atoms with Crippen LogP contribution < -0.4 is 5.32 Å². The fourth-order valence-electron chi connectivity index (χ4n) is 2.13. The van der Waals surface area contributed by atoms with Crippen molar-refractivity contribution in [3.8, 4) is 0 Å². The van der Waals surface area contributed by atoms with Gasteiger partial charge in [-0.25, -0.2) is 0 Å². The van der Waals surface area contributed by atoms with Crippen LogP contribution in [-0.2, 0) is 4.79 Å². The monoisotopic (exact) mass is 271 g/mol. The number of aliphatic carboxylic acids is 1. The zero-order chi connectivity index (χ0) is 13.3. The van der Waals surface area contributed by atoms with Crippen LogP contribution in [-0.4, -0.2) is 32.4 Å². The van der Waals surface area contributed by atoms with E-state index in [9.17, 15) is 9.90 Å². The number of hydrogen-bond acceptors (Lipinski definition) is 3. The number of rotatable bonds is 6. The SMILES string of the molecule is CC(CC(C)(NC1CC1)C(=O)O)n1cc(Cl)cn1. The third kappa shape index (κ3) is 3.03. The largest absolute Gasteiger partial charge is 0.480 e. The van der Waals surface area contributed by atoms with Gasteiger partial charge in [0.25, 0.3) is 0 Å². The maximum atomic E-state index is 11.4. The van der Waals surface area contributed by atoms with Crippen LogP contribution in [0.25, 0.3) is 0 Å². The van der Waals surface area contributed by atoms with E-state index in [1.807, 2.05) is 6.92 Å². The summed E-state index contributed by atoms with van der Waals surface area (Å²) < 4.78 is 1.71. The minimum atomic E-state index is -0.918. The van der Waals surface area contributed by atoms with E-state index in [2.05, 4.69) is 10.4 Å². The molecule has 1 aliphatic rings. The molecule has 1 fully saturated rings. The lowest BCUT2D eigenvalue weighted by atomic mass is 9.93. The number of carboxylic acid groups (broad SMARTS) is 1. The molecule has 0 spiro atoms. The summed E-state index contributed by atoms with van der Waals surface area (Å²) >= 11 is 5.82. The Morgan fingerprint density at radius 1 is 1.78 bits per heavy atom. The summed E-state index contributed by atoms with van der Waals surface area (Å²) in [6.45, 7) is 3.67. The van der Waals surface area contributed by atoms with Crippen LogP contribution in [0.1, 0.15) is 39.2 Å². The molecule has 2 atom stereocenters. The van der Waals surface area contributed by atoms with Crippen molar-refractivity contribution in [1.29, 1.82) is 0 Å². The minimum Gasteiger partial charge on any atom is -0.480 e. The molecule has 100 valence electrons. The second-order valence-corrected chi connectivity index (χ2v) is 5.68. The highest BCUT2D eigenvalue weighted by Gasteiger charge is 2.39. The zero-order valence-electron chi connectivity index (χ0n) is 10.6. The lowest BCUT2D eigenvalue weighted by molar-refractivity contribution is -0.145. The van der Waals surface area contributed by atoms with Gasteiger partial charge in [0, 0.05) is 12.2 Å². The topological polar surface area (TPSA) is 67.2 Å². The molecule has 0 bridgehead atoms. The summed E-state index contributed by atoms with van der Waals surface area (Å²) in [4.78, 5) is 11.4. The molecule has 1 aromatic rings. The molecule has 2 rings (SSSR count). The van der Waals surface area contributed by atoms with Crippen molar-refractivity contribution >= 4 is 17.6 Å². The molecule has 1 aromatic heterocycles. The first-order valence-corrected chi connectivity index (χ1v) is 6.49. The fourth-order valence-corrected chi connectivity index (χ4v) is 2.27. The van der Waals surface area contributed by atoms with Crippen molar-refractivity contribution in [2.24, 2.45) is 0 Å². The molecule has 0 saturated heterocycles. The second-order valence-electron chi connectivity index (χ2n) is 5.25. The van der Waals surface area contributed by atoms with Gasteiger partial charge in [-0.1, -0.05) is 11.6 Å². The van der Waals surface area contributed by atoms with Crippen molar-refractivity contribution in [1.82, 2.24) is 15.1 Å². The molecule has 2 N–H and O–H groups in total. The van der Waals surface area contributed by atoms with Gasteiger partial charge in [-0.05, 0) is 33.1 Å². The predicted molar refractivity (Wildman–Crippen MR) is 68.8 cm³/mol. The zero-order valence-corrected chi connectivity index (χ0v) is 11.3. The Balaban J connectivity index is 2.05. The van der Waals surface area contributed by atoms with E-state index in [1.54, 1.807) is 24.0 Å². The lowest BCUT2D eigenvalue weighted by Gasteiger charge is -2.29. The quantitative estimate of drug-likeness (QED) is 0.831. The Morgan fingerprint density at radius 2 is 2.44 bits per heavy atom. The molecule has 0 aliphatic heterocycles. The molecule has 0 aromatic carbocycles. The first-order valence-electron chi connectivity index (χ1n) is 6.11. The lowest BCUT2D eigenvalue weighted by Crippen LogP contribution is -2.51. The first kappa shape index (κ1) is 13.4. The highest BCUT2D eigenvalue weighted by Crippen LogP contribution is 2.28. The van der Waals surface area contributed by atoms with E-state index in [1.165, 1.54) is 0 Å². The number of nitrogens with zero attached hydrogens (tertiary/aromatic N) is 2. The molecular weight excluding hydrogens is 254 g/mol. The summed E-state index contributed by atoms with van der Waals surface area (Å²) in [5.74, 6) is -0.820. The first-order chi connectivity index (χ1) is 8.40. The molecule has 0 amide bonds. The molecule has 18 heavy (non-hydrogen) atoms. The third-order valence-electron chi connectivity index (χ3n) is 3.30. The van der Waals surface area contributed by atoms with E-state index in [-0.39, 0.29) is 6.04 Å². The number of carboxylic acids is 1. The molecule has 5 nitrogen and oxygen atoms in total.